The molecule has 0 saturated heterocycles. The molecule has 2 unspecified atom stereocenters. The predicted molar refractivity (Wildman–Crippen MR) is 62.3 cm³/mol. The molecule has 1 aromatic carbocycles. The Bertz CT molecular complexity index is 311. The summed E-state index contributed by atoms with van der Waals surface area (Å²) in [5.74, 6) is 1.66. The summed E-state index contributed by atoms with van der Waals surface area (Å²) in [5, 5.41) is 0. The Hall–Kier alpha value is -0.500. The zero-order chi connectivity index (χ0) is 9.97. The first-order valence-corrected chi connectivity index (χ1v) is 6.01. The maximum Gasteiger partial charge on any atom is 0.122 e. The van der Waals surface area contributed by atoms with Crippen molar-refractivity contribution in [1.29, 1.82) is 0 Å². The maximum absolute atomic E-state index is 5.39. The van der Waals surface area contributed by atoms with Crippen LogP contribution in [0.1, 0.15) is 30.7 Å². The van der Waals surface area contributed by atoms with Gasteiger partial charge in [0, 0.05) is 10.7 Å². The molecule has 0 spiro atoms. The second-order valence-electron chi connectivity index (χ2n) is 3.80. The lowest BCUT2D eigenvalue weighted by Crippen LogP contribution is -2.05. The maximum atomic E-state index is 5.39. The third-order valence-corrected chi connectivity index (χ3v) is 4.07. The number of halogens is 1. The molecule has 0 aliphatic heterocycles. The molecule has 76 valence electrons. The van der Waals surface area contributed by atoms with Crippen molar-refractivity contribution in [3.8, 4) is 5.75 Å². The van der Waals surface area contributed by atoms with Crippen molar-refractivity contribution in [2.24, 2.45) is 0 Å². The zero-order valence-corrected chi connectivity index (χ0v) is 9.96. The number of rotatable bonds is 2. The van der Waals surface area contributed by atoms with Gasteiger partial charge in [-0.05, 0) is 24.5 Å². The molecule has 14 heavy (non-hydrogen) atoms. The molecule has 1 saturated carbocycles. The molecule has 0 radical (unpaired) electrons. The standard InChI is InChI=1S/C12H15BrO/c1-14-12-8-3-2-5-10(12)9-6-4-7-11(9)13/h2-3,5,8-9,11H,4,6-7H2,1H3. The fourth-order valence-corrected chi connectivity index (χ4v) is 3.11. The summed E-state index contributed by atoms with van der Waals surface area (Å²) in [5.41, 5.74) is 1.36. The zero-order valence-electron chi connectivity index (χ0n) is 8.37. The predicted octanol–water partition coefficient (Wildman–Crippen LogP) is 3.73. The topological polar surface area (TPSA) is 9.23 Å². The summed E-state index contributed by atoms with van der Waals surface area (Å²) >= 11 is 3.75. The Labute approximate surface area is 93.6 Å². The molecule has 2 rings (SSSR count). The van der Waals surface area contributed by atoms with Crippen LogP contribution in [0.4, 0.5) is 0 Å². The molecule has 0 aromatic heterocycles. The highest BCUT2D eigenvalue weighted by Crippen LogP contribution is 2.42. The molecule has 1 fully saturated rings. The van der Waals surface area contributed by atoms with E-state index in [9.17, 15) is 0 Å². The van der Waals surface area contributed by atoms with E-state index in [1.807, 2.05) is 12.1 Å². The first-order valence-electron chi connectivity index (χ1n) is 5.10. The van der Waals surface area contributed by atoms with Crippen LogP contribution < -0.4 is 4.74 Å². The van der Waals surface area contributed by atoms with E-state index >= 15 is 0 Å². The van der Waals surface area contributed by atoms with Gasteiger partial charge in [-0.25, -0.2) is 0 Å². The Kier molecular flexibility index (Phi) is 3.12. The monoisotopic (exact) mass is 254 g/mol. The van der Waals surface area contributed by atoms with E-state index in [1.54, 1.807) is 7.11 Å². The largest absolute Gasteiger partial charge is 0.496 e. The van der Waals surface area contributed by atoms with Crippen molar-refractivity contribution >= 4 is 15.9 Å². The van der Waals surface area contributed by atoms with Gasteiger partial charge in [-0.2, -0.15) is 0 Å². The van der Waals surface area contributed by atoms with Gasteiger partial charge in [0.1, 0.15) is 5.75 Å². The van der Waals surface area contributed by atoms with Crippen LogP contribution in [0.25, 0.3) is 0 Å². The van der Waals surface area contributed by atoms with Gasteiger partial charge in [0.25, 0.3) is 0 Å². The van der Waals surface area contributed by atoms with Crippen molar-refractivity contribution in [3.05, 3.63) is 29.8 Å². The number of para-hydroxylation sites is 1. The van der Waals surface area contributed by atoms with E-state index in [1.165, 1.54) is 24.8 Å². The van der Waals surface area contributed by atoms with Gasteiger partial charge in [0.05, 0.1) is 7.11 Å². The summed E-state index contributed by atoms with van der Waals surface area (Å²) in [6, 6.07) is 8.35. The third-order valence-electron chi connectivity index (χ3n) is 2.97. The minimum Gasteiger partial charge on any atom is -0.496 e. The van der Waals surface area contributed by atoms with E-state index < -0.39 is 0 Å². The Morgan fingerprint density at radius 2 is 2.07 bits per heavy atom. The van der Waals surface area contributed by atoms with Crippen LogP contribution in [-0.4, -0.2) is 11.9 Å². The smallest absolute Gasteiger partial charge is 0.122 e. The number of alkyl halides is 1. The van der Waals surface area contributed by atoms with Gasteiger partial charge in [-0.3, -0.25) is 0 Å². The van der Waals surface area contributed by atoms with Crippen LogP contribution in [0.2, 0.25) is 0 Å². The Morgan fingerprint density at radius 1 is 1.29 bits per heavy atom. The Balaban J connectivity index is 2.30. The fourth-order valence-electron chi connectivity index (χ4n) is 2.24. The molecular formula is C12H15BrO. The molecular weight excluding hydrogens is 240 g/mol. The minimum atomic E-state index is 0.624. The molecule has 2 heteroatoms. The van der Waals surface area contributed by atoms with Crippen LogP contribution in [0.15, 0.2) is 24.3 Å². The van der Waals surface area contributed by atoms with Gasteiger partial charge in [-0.1, -0.05) is 40.5 Å². The van der Waals surface area contributed by atoms with E-state index in [0.29, 0.717) is 10.7 Å². The number of methoxy groups -OCH3 is 1. The first-order chi connectivity index (χ1) is 6.83. The normalized spacial score (nSPS) is 26.4. The fraction of sp³-hybridized carbons (Fsp3) is 0.500. The molecule has 0 bridgehead atoms. The Morgan fingerprint density at radius 3 is 2.71 bits per heavy atom. The van der Waals surface area contributed by atoms with Crippen LogP contribution in [-0.2, 0) is 0 Å². The molecule has 0 heterocycles. The number of hydrogen-bond donors (Lipinski definition) is 0. The van der Waals surface area contributed by atoms with Crippen LogP contribution in [0, 0.1) is 0 Å². The van der Waals surface area contributed by atoms with Gasteiger partial charge in [0.15, 0.2) is 0 Å². The summed E-state index contributed by atoms with van der Waals surface area (Å²) in [7, 11) is 1.75. The molecule has 1 aliphatic carbocycles. The number of ether oxygens (including phenoxy) is 1. The quantitative estimate of drug-likeness (QED) is 0.732. The highest BCUT2D eigenvalue weighted by Gasteiger charge is 2.28. The third kappa shape index (κ3) is 1.81. The minimum absolute atomic E-state index is 0.624. The molecule has 1 aromatic rings. The number of benzene rings is 1. The highest BCUT2D eigenvalue weighted by molar-refractivity contribution is 9.09. The van der Waals surface area contributed by atoms with Crippen molar-refractivity contribution < 1.29 is 4.74 Å². The summed E-state index contributed by atoms with van der Waals surface area (Å²) < 4.78 is 5.39. The van der Waals surface area contributed by atoms with E-state index in [4.69, 9.17) is 4.74 Å². The van der Waals surface area contributed by atoms with Crippen molar-refractivity contribution in [2.45, 2.75) is 30.0 Å². The number of hydrogen-bond acceptors (Lipinski definition) is 1. The van der Waals surface area contributed by atoms with Gasteiger partial charge < -0.3 is 4.74 Å². The average Bonchev–Trinajstić information content (AvgIpc) is 2.64. The van der Waals surface area contributed by atoms with Crippen molar-refractivity contribution in [2.75, 3.05) is 7.11 Å². The lowest BCUT2D eigenvalue weighted by Gasteiger charge is -2.17. The highest BCUT2D eigenvalue weighted by atomic mass is 79.9. The van der Waals surface area contributed by atoms with Crippen molar-refractivity contribution in [1.82, 2.24) is 0 Å². The van der Waals surface area contributed by atoms with Crippen LogP contribution >= 0.6 is 15.9 Å². The molecule has 1 aliphatic rings. The summed E-state index contributed by atoms with van der Waals surface area (Å²) in [6.07, 6.45) is 3.87. The lowest BCUT2D eigenvalue weighted by atomic mass is 9.97. The van der Waals surface area contributed by atoms with E-state index in [0.717, 1.165) is 5.75 Å². The van der Waals surface area contributed by atoms with Gasteiger partial charge in [0.2, 0.25) is 0 Å². The molecule has 2 atom stereocenters. The van der Waals surface area contributed by atoms with Gasteiger partial charge >= 0.3 is 0 Å². The second kappa shape index (κ2) is 4.35. The molecule has 0 amide bonds. The van der Waals surface area contributed by atoms with E-state index in [-0.39, 0.29) is 0 Å². The second-order valence-corrected chi connectivity index (χ2v) is 4.97. The first kappa shape index (κ1) is 10.0. The molecule has 0 N–H and O–H groups in total. The summed E-state index contributed by atoms with van der Waals surface area (Å²) in [4.78, 5) is 0.624. The SMILES string of the molecule is COc1ccccc1C1CCCC1Br. The molecule has 1 nitrogen and oxygen atoms in total. The van der Waals surface area contributed by atoms with Crippen LogP contribution in [0.3, 0.4) is 0 Å². The average molecular weight is 255 g/mol. The lowest BCUT2D eigenvalue weighted by molar-refractivity contribution is 0.406. The van der Waals surface area contributed by atoms with E-state index in [2.05, 4.69) is 28.1 Å². The van der Waals surface area contributed by atoms with Crippen LogP contribution in [0.5, 0.6) is 5.75 Å². The van der Waals surface area contributed by atoms with Gasteiger partial charge in [-0.15, -0.1) is 0 Å². The summed E-state index contributed by atoms with van der Waals surface area (Å²) in [6.45, 7) is 0. The van der Waals surface area contributed by atoms with Crippen molar-refractivity contribution in [3.63, 3.8) is 0 Å².